The van der Waals surface area contributed by atoms with Gasteiger partial charge in [-0.2, -0.15) is 26.3 Å². The molecule has 190 valence electrons. The lowest BCUT2D eigenvalue weighted by atomic mass is 10.0. The van der Waals surface area contributed by atoms with E-state index in [1.165, 1.54) is 24.4 Å². The first-order chi connectivity index (χ1) is 16.8. The van der Waals surface area contributed by atoms with Gasteiger partial charge in [0, 0.05) is 29.9 Å². The van der Waals surface area contributed by atoms with Crippen molar-refractivity contribution in [3.8, 4) is 22.5 Å². The molecular weight excluding hydrogens is 494 g/mol. The van der Waals surface area contributed by atoms with Gasteiger partial charge in [-0.05, 0) is 30.3 Å². The highest BCUT2D eigenvalue weighted by Crippen LogP contribution is 2.41. The average molecular weight is 512 g/mol. The molecule has 1 aliphatic heterocycles. The normalized spacial score (nSPS) is 19.0. The Hall–Kier alpha value is -3.87. The Balaban J connectivity index is 1.96. The van der Waals surface area contributed by atoms with Crippen LogP contribution >= 0.6 is 0 Å². The van der Waals surface area contributed by atoms with Gasteiger partial charge in [0.1, 0.15) is 11.9 Å². The van der Waals surface area contributed by atoms with E-state index in [0.29, 0.717) is 10.6 Å². The standard InChI is InChI=1S/C23H18F6N4O3/c24-22(25,26)14-3-1-2-13(8-14)20-19(12-4-6-31-17(30)9-12)32-21(23(27,28)29)33(20)7-5-16-10-15(34)11-18(35)36-16/h1-9,15-16,34H,10-11H2,(H2,30,31)/b7-5+. The number of pyridine rings is 1. The van der Waals surface area contributed by atoms with Crippen molar-refractivity contribution in [3.63, 3.8) is 0 Å². The van der Waals surface area contributed by atoms with Crippen LogP contribution in [-0.2, 0) is 21.9 Å². The topological polar surface area (TPSA) is 103 Å². The molecule has 1 saturated heterocycles. The first-order valence-corrected chi connectivity index (χ1v) is 10.5. The molecule has 2 unspecified atom stereocenters. The van der Waals surface area contributed by atoms with E-state index < -0.39 is 41.9 Å². The van der Waals surface area contributed by atoms with Gasteiger partial charge >= 0.3 is 18.3 Å². The number of benzene rings is 1. The maximum Gasteiger partial charge on any atom is 0.450 e. The Morgan fingerprint density at radius 1 is 1.08 bits per heavy atom. The van der Waals surface area contributed by atoms with Crippen molar-refractivity contribution in [1.29, 1.82) is 0 Å². The number of carbonyl (C=O) groups excluding carboxylic acids is 1. The second-order valence-electron chi connectivity index (χ2n) is 8.01. The van der Waals surface area contributed by atoms with Gasteiger partial charge in [0.15, 0.2) is 0 Å². The van der Waals surface area contributed by atoms with E-state index in [4.69, 9.17) is 10.5 Å². The van der Waals surface area contributed by atoms with Crippen LogP contribution < -0.4 is 5.73 Å². The summed E-state index contributed by atoms with van der Waals surface area (Å²) in [5, 5.41) is 9.79. The number of ether oxygens (including phenoxy) is 1. The van der Waals surface area contributed by atoms with Crippen molar-refractivity contribution in [3.05, 3.63) is 60.1 Å². The average Bonchev–Trinajstić information content (AvgIpc) is 3.17. The van der Waals surface area contributed by atoms with E-state index in [1.54, 1.807) is 0 Å². The van der Waals surface area contributed by atoms with Crippen molar-refractivity contribution in [2.24, 2.45) is 0 Å². The summed E-state index contributed by atoms with van der Waals surface area (Å²) in [6.45, 7) is 0. The summed E-state index contributed by atoms with van der Waals surface area (Å²) in [4.78, 5) is 19.1. The second kappa shape index (κ2) is 9.30. The lowest BCUT2D eigenvalue weighted by Crippen LogP contribution is -2.31. The zero-order valence-electron chi connectivity index (χ0n) is 18.2. The molecular formula is C23H18F6N4O3. The van der Waals surface area contributed by atoms with E-state index in [0.717, 1.165) is 24.4 Å². The van der Waals surface area contributed by atoms with E-state index in [9.17, 15) is 36.2 Å². The lowest BCUT2D eigenvalue weighted by molar-refractivity contribution is -0.156. The lowest BCUT2D eigenvalue weighted by Gasteiger charge is -2.23. The number of nitrogens with zero attached hydrogens (tertiary/aromatic N) is 3. The van der Waals surface area contributed by atoms with Gasteiger partial charge in [-0.25, -0.2) is 9.97 Å². The van der Waals surface area contributed by atoms with Gasteiger partial charge < -0.3 is 15.6 Å². The van der Waals surface area contributed by atoms with Crippen LogP contribution in [0.2, 0.25) is 0 Å². The van der Waals surface area contributed by atoms with Gasteiger partial charge in [0.05, 0.1) is 29.5 Å². The van der Waals surface area contributed by atoms with Gasteiger partial charge in [0.25, 0.3) is 0 Å². The highest BCUT2D eigenvalue weighted by atomic mass is 19.4. The van der Waals surface area contributed by atoms with Crippen molar-refractivity contribution in [1.82, 2.24) is 14.5 Å². The van der Waals surface area contributed by atoms with Crippen LogP contribution in [0.25, 0.3) is 28.7 Å². The summed E-state index contributed by atoms with van der Waals surface area (Å²) in [5.74, 6) is -2.21. The molecule has 7 nitrogen and oxygen atoms in total. The Morgan fingerprint density at radius 2 is 1.83 bits per heavy atom. The monoisotopic (exact) mass is 512 g/mol. The summed E-state index contributed by atoms with van der Waals surface area (Å²) in [6, 6.07) is 6.35. The van der Waals surface area contributed by atoms with Crippen molar-refractivity contribution >= 4 is 18.0 Å². The molecule has 0 spiro atoms. The van der Waals surface area contributed by atoms with Crippen LogP contribution in [0.5, 0.6) is 0 Å². The summed E-state index contributed by atoms with van der Waals surface area (Å²) in [7, 11) is 0. The summed E-state index contributed by atoms with van der Waals surface area (Å²) in [6.07, 6.45) is -8.95. The largest absolute Gasteiger partial charge is 0.458 e. The molecule has 0 bridgehead atoms. The van der Waals surface area contributed by atoms with E-state index in [2.05, 4.69) is 9.97 Å². The number of aromatic nitrogens is 3. The molecule has 0 saturated carbocycles. The van der Waals surface area contributed by atoms with Crippen LogP contribution in [0.15, 0.2) is 48.7 Å². The Morgan fingerprint density at radius 3 is 2.47 bits per heavy atom. The molecule has 0 amide bonds. The number of anilines is 1. The van der Waals surface area contributed by atoms with Crippen LogP contribution in [0, 0.1) is 0 Å². The fourth-order valence-electron chi connectivity index (χ4n) is 3.80. The predicted octanol–water partition coefficient (Wildman–Crippen LogP) is 4.77. The third-order valence-electron chi connectivity index (χ3n) is 5.32. The molecule has 0 radical (unpaired) electrons. The number of hydrogen-bond donors (Lipinski definition) is 2. The fraction of sp³-hybridized carbons (Fsp3) is 0.261. The number of aliphatic hydroxyl groups excluding tert-OH is 1. The Labute approximate surface area is 199 Å². The molecule has 13 heteroatoms. The van der Waals surface area contributed by atoms with Crippen molar-refractivity contribution < 1.29 is 41.0 Å². The SMILES string of the molecule is Nc1cc(-c2nc(C(F)(F)F)n(/C=C/C3CC(O)CC(=O)O3)c2-c2cccc(C(F)(F)F)c2)ccn1. The smallest absolute Gasteiger partial charge is 0.450 e. The molecule has 2 aromatic heterocycles. The summed E-state index contributed by atoms with van der Waals surface area (Å²) >= 11 is 0. The van der Waals surface area contributed by atoms with Gasteiger partial charge in [-0.15, -0.1) is 0 Å². The minimum absolute atomic E-state index is 0.0377. The van der Waals surface area contributed by atoms with Crippen molar-refractivity contribution in [2.75, 3.05) is 5.73 Å². The van der Waals surface area contributed by atoms with Crippen LogP contribution in [0.4, 0.5) is 32.2 Å². The third kappa shape index (κ3) is 5.35. The number of rotatable bonds is 4. The Bertz CT molecular complexity index is 1320. The van der Waals surface area contributed by atoms with Crippen LogP contribution in [0.3, 0.4) is 0 Å². The summed E-state index contributed by atoms with van der Waals surface area (Å²) < 4.78 is 88.0. The number of carbonyl (C=O) groups is 1. The number of cyclic esters (lactones) is 1. The number of alkyl halides is 6. The maximum absolute atomic E-state index is 14.1. The molecule has 2 atom stereocenters. The first-order valence-electron chi connectivity index (χ1n) is 10.5. The number of nitrogen functional groups attached to an aromatic ring is 1. The third-order valence-corrected chi connectivity index (χ3v) is 5.32. The van der Waals surface area contributed by atoms with Crippen LogP contribution in [-0.4, -0.2) is 37.8 Å². The molecule has 1 aromatic carbocycles. The van der Waals surface area contributed by atoms with Gasteiger partial charge in [-0.3, -0.25) is 9.36 Å². The first kappa shape index (κ1) is 25.2. The fourth-order valence-corrected chi connectivity index (χ4v) is 3.80. The predicted molar refractivity (Wildman–Crippen MR) is 116 cm³/mol. The minimum Gasteiger partial charge on any atom is -0.458 e. The molecule has 1 fully saturated rings. The highest BCUT2D eigenvalue weighted by Gasteiger charge is 2.40. The number of aliphatic hydroxyl groups is 1. The number of nitrogens with two attached hydrogens (primary N) is 1. The number of imidazole rings is 1. The molecule has 3 heterocycles. The molecule has 4 rings (SSSR count). The van der Waals surface area contributed by atoms with Crippen LogP contribution in [0.1, 0.15) is 24.2 Å². The zero-order valence-corrected chi connectivity index (χ0v) is 18.2. The number of esters is 1. The molecule has 36 heavy (non-hydrogen) atoms. The minimum atomic E-state index is -5.01. The number of halogens is 6. The quantitative estimate of drug-likeness (QED) is 0.386. The molecule has 0 aliphatic carbocycles. The summed E-state index contributed by atoms with van der Waals surface area (Å²) in [5.41, 5.74) is 3.89. The molecule has 3 aromatic rings. The molecule has 1 aliphatic rings. The van der Waals surface area contributed by atoms with Gasteiger partial charge in [-0.1, -0.05) is 12.1 Å². The highest BCUT2D eigenvalue weighted by molar-refractivity contribution is 5.82. The maximum atomic E-state index is 14.1. The second-order valence-corrected chi connectivity index (χ2v) is 8.01. The van der Waals surface area contributed by atoms with E-state index >= 15 is 0 Å². The Kier molecular flexibility index (Phi) is 6.52. The van der Waals surface area contributed by atoms with E-state index in [1.807, 2.05) is 0 Å². The number of hydrogen-bond acceptors (Lipinski definition) is 6. The zero-order chi connectivity index (χ0) is 26.3. The van der Waals surface area contributed by atoms with Gasteiger partial charge in [0.2, 0.25) is 5.82 Å². The van der Waals surface area contributed by atoms with E-state index in [-0.39, 0.29) is 41.2 Å². The van der Waals surface area contributed by atoms with Crippen molar-refractivity contribution in [2.45, 2.75) is 37.4 Å². The molecule has 3 N–H and O–H groups in total.